The Labute approximate surface area is 194 Å². The van der Waals surface area contributed by atoms with Crippen molar-refractivity contribution >= 4 is 27.5 Å². The van der Waals surface area contributed by atoms with Gasteiger partial charge in [-0.1, -0.05) is 66.2 Å². The molecule has 1 N–H and O–H groups in total. The van der Waals surface area contributed by atoms with Crippen LogP contribution < -0.4 is 5.32 Å². The van der Waals surface area contributed by atoms with Gasteiger partial charge in [0.1, 0.15) is 0 Å². The lowest BCUT2D eigenvalue weighted by Gasteiger charge is -2.28. The van der Waals surface area contributed by atoms with Crippen LogP contribution in [0.4, 0.5) is 0 Å². The molecule has 0 spiro atoms. The van der Waals surface area contributed by atoms with Crippen LogP contribution in [0.5, 0.6) is 0 Å². The second-order valence-corrected chi connectivity index (χ2v) is 10.3. The number of nitrogens with one attached hydrogen (secondary N) is 1. The van der Waals surface area contributed by atoms with Crippen molar-refractivity contribution in [2.24, 2.45) is 0 Å². The maximum Gasteiger partial charge on any atom is 0.243 e. The number of benzene rings is 3. The average molecular weight is 469 g/mol. The molecule has 5 nitrogen and oxygen atoms in total. The zero-order valence-electron chi connectivity index (χ0n) is 17.6. The van der Waals surface area contributed by atoms with Crippen LogP contribution in [-0.2, 0) is 27.8 Å². The second-order valence-electron chi connectivity index (χ2n) is 7.92. The van der Waals surface area contributed by atoms with E-state index in [1.165, 1.54) is 34.1 Å². The third-order valence-corrected chi connectivity index (χ3v) is 7.74. The standard InChI is InChI=1S/C25H25ClN2O3S/c26-21-13-15-22(16-14-21)32(30,31)28(17-19-7-2-1-3-8-19)18-25(29)27-24-12-6-10-20-9-4-5-11-23(20)24/h1-5,7-9,11,13-16,24H,6,10,12,17-18H2,(H,27,29). The van der Waals surface area contributed by atoms with E-state index in [2.05, 4.69) is 11.4 Å². The van der Waals surface area contributed by atoms with Gasteiger partial charge in [0.05, 0.1) is 17.5 Å². The molecule has 7 heteroatoms. The highest BCUT2D eigenvalue weighted by molar-refractivity contribution is 7.89. The van der Waals surface area contributed by atoms with Gasteiger partial charge in [0.2, 0.25) is 15.9 Å². The summed E-state index contributed by atoms with van der Waals surface area (Å²) < 4.78 is 28.0. The van der Waals surface area contributed by atoms with Crippen LogP contribution in [0.3, 0.4) is 0 Å². The minimum absolute atomic E-state index is 0.0977. The number of halogens is 1. The van der Waals surface area contributed by atoms with Gasteiger partial charge in [0.25, 0.3) is 0 Å². The Kier molecular flexibility index (Phi) is 6.94. The summed E-state index contributed by atoms with van der Waals surface area (Å²) in [4.78, 5) is 13.1. The second kappa shape index (κ2) is 9.86. The zero-order chi connectivity index (χ0) is 22.6. The van der Waals surface area contributed by atoms with E-state index in [-0.39, 0.29) is 29.9 Å². The first-order valence-corrected chi connectivity index (χ1v) is 12.4. The number of rotatable bonds is 7. The van der Waals surface area contributed by atoms with Gasteiger partial charge in [0, 0.05) is 11.6 Å². The van der Waals surface area contributed by atoms with Crippen molar-refractivity contribution < 1.29 is 13.2 Å². The lowest BCUT2D eigenvalue weighted by atomic mass is 9.88. The van der Waals surface area contributed by atoms with Crippen molar-refractivity contribution in [1.29, 1.82) is 0 Å². The minimum Gasteiger partial charge on any atom is -0.348 e. The molecule has 3 aromatic carbocycles. The van der Waals surface area contributed by atoms with Gasteiger partial charge in [0.15, 0.2) is 0 Å². The van der Waals surface area contributed by atoms with Crippen molar-refractivity contribution in [2.75, 3.05) is 6.54 Å². The van der Waals surface area contributed by atoms with Gasteiger partial charge in [-0.3, -0.25) is 4.79 Å². The summed E-state index contributed by atoms with van der Waals surface area (Å²) in [6.07, 6.45) is 2.82. The normalized spacial score (nSPS) is 15.9. The lowest BCUT2D eigenvalue weighted by Crippen LogP contribution is -2.42. The number of hydrogen-bond donors (Lipinski definition) is 1. The first-order chi connectivity index (χ1) is 15.4. The lowest BCUT2D eigenvalue weighted by molar-refractivity contribution is -0.122. The Hall–Kier alpha value is -2.67. The molecule has 0 aromatic heterocycles. The van der Waals surface area contributed by atoms with Crippen molar-refractivity contribution in [3.8, 4) is 0 Å². The van der Waals surface area contributed by atoms with Crippen LogP contribution in [0.1, 0.15) is 35.6 Å². The smallest absolute Gasteiger partial charge is 0.243 e. The van der Waals surface area contributed by atoms with Crippen LogP contribution in [0, 0.1) is 0 Å². The number of sulfonamides is 1. The van der Waals surface area contributed by atoms with E-state index < -0.39 is 10.0 Å². The van der Waals surface area contributed by atoms with E-state index in [0.717, 1.165) is 30.4 Å². The molecule has 0 saturated heterocycles. The molecule has 0 bridgehead atoms. The number of fused-ring (bicyclic) bond motifs is 1. The zero-order valence-corrected chi connectivity index (χ0v) is 19.1. The fourth-order valence-electron chi connectivity index (χ4n) is 4.07. The molecule has 1 unspecified atom stereocenters. The Morgan fingerprint density at radius 1 is 0.969 bits per heavy atom. The highest BCUT2D eigenvalue weighted by Gasteiger charge is 2.29. The molecular weight excluding hydrogens is 444 g/mol. The maximum absolute atomic E-state index is 13.4. The quantitative estimate of drug-likeness (QED) is 0.545. The summed E-state index contributed by atoms with van der Waals surface area (Å²) in [5.74, 6) is -0.319. The number of nitrogens with zero attached hydrogens (tertiary/aromatic N) is 1. The summed E-state index contributed by atoms with van der Waals surface area (Å²) in [5, 5.41) is 3.51. The fourth-order valence-corrected chi connectivity index (χ4v) is 5.58. The first kappa shape index (κ1) is 22.5. The van der Waals surface area contributed by atoms with Crippen LogP contribution >= 0.6 is 11.6 Å². The van der Waals surface area contributed by atoms with Gasteiger partial charge in [-0.25, -0.2) is 8.42 Å². The molecule has 1 atom stereocenters. The molecule has 4 rings (SSSR count). The van der Waals surface area contributed by atoms with E-state index in [9.17, 15) is 13.2 Å². The summed E-state index contributed by atoms with van der Waals surface area (Å²) in [5.41, 5.74) is 3.15. The molecule has 0 aliphatic heterocycles. The number of amides is 1. The summed E-state index contributed by atoms with van der Waals surface area (Å²) in [6, 6.07) is 23.2. The van der Waals surface area contributed by atoms with Gasteiger partial charge < -0.3 is 5.32 Å². The monoisotopic (exact) mass is 468 g/mol. The molecule has 0 saturated carbocycles. The van der Waals surface area contributed by atoms with E-state index in [1.54, 1.807) is 0 Å². The van der Waals surface area contributed by atoms with Gasteiger partial charge >= 0.3 is 0 Å². The molecule has 1 aliphatic rings. The maximum atomic E-state index is 13.4. The highest BCUT2D eigenvalue weighted by atomic mass is 35.5. The van der Waals surface area contributed by atoms with E-state index >= 15 is 0 Å². The molecule has 0 radical (unpaired) electrons. The molecule has 166 valence electrons. The Bertz CT molecular complexity index is 1180. The van der Waals surface area contributed by atoms with Crippen LogP contribution in [0.25, 0.3) is 0 Å². The third kappa shape index (κ3) is 5.21. The number of carbonyl (C=O) groups excluding carboxylic acids is 1. The molecule has 0 heterocycles. The molecule has 1 amide bonds. The summed E-state index contributed by atoms with van der Waals surface area (Å²) in [7, 11) is -3.90. The van der Waals surface area contributed by atoms with Crippen molar-refractivity contribution in [2.45, 2.75) is 36.7 Å². The fraction of sp³-hybridized carbons (Fsp3) is 0.240. The minimum atomic E-state index is -3.90. The number of hydrogen-bond acceptors (Lipinski definition) is 3. The number of carbonyl (C=O) groups is 1. The molecule has 0 fully saturated rings. The van der Waals surface area contributed by atoms with Crippen molar-refractivity contribution in [3.63, 3.8) is 0 Å². The Morgan fingerprint density at radius 3 is 2.41 bits per heavy atom. The average Bonchev–Trinajstić information content (AvgIpc) is 2.80. The van der Waals surface area contributed by atoms with Gasteiger partial charge in [-0.2, -0.15) is 4.31 Å². The van der Waals surface area contributed by atoms with Crippen molar-refractivity contribution in [3.05, 3.63) is 101 Å². The molecule has 3 aromatic rings. The van der Waals surface area contributed by atoms with Crippen LogP contribution in [0.15, 0.2) is 83.8 Å². The van der Waals surface area contributed by atoms with Gasteiger partial charge in [-0.05, 0) is 60.2 Å². The molecule has 32 heavy (non-hydrogen) atoms. The number of aryl methyl sites for hydroxylation is 1. The van der Waals surface area contributed by atoms with Gasteiger partial charge in [-0.15, -0.1) is 0 Å². The molecule has 1 aliphatic carbocycles. The summed E-state index contributed by atoms with van der Waals surface area (Å²) >= 11 is 5.93. The summed E-state index contributed by atoms with van der Waals surface area (Å²) in [6.45, 7) is -0.168. The topological polar surface area (TPSA) is 66.5 Å². The Balaban J connectivity index is 1.56. The SMILES string of the molecule is O=C(CN(Cc1ccccc1)S(=O)(=O)c1ccc(Cl)cc1)NC1CCCc2ccccc21. The first-order valence-electron chi connectivity index (χ1n) is 10.6. The predicted molar refractivity (Wildman–Crippen MR) is 126 cm³/mol. The third-order valence-electron chi connectivity index (χ3n) is 5.68. The van der Waals surface area contributed by atoms with E-state index in [1.807, 2.05) is 48.5 Å². The van der Waals surface area contributed by atoms with E-state index in [4.69, 9.17) is 11.6 Å². The highest BCUT2D eigenvalue weighted by Crippen LogP contribution is 2.29. The largest absolute Gasteiger partial charge is 0.348 e. The molecular formula is C25H25ClN2O3S. The van der Waals surface area contributed by atoms with Crippen molar-refractivity contribution in [1.82, 2.24) is 9.62 Å². The van der Waals surface area contributed by atoms with Crippen LogP contribution in [-0.4, -0.2) is 25.2 Å². The Morgan fingerprint density at radius 2 is 1.66 bits per heavy atom. The predicted octanol–water partition coefficient (Wildman–Crippen LogP) is 4.72. The van der Waals surface area contributed by atoms with E-state index in [0.29, 0.717) is 5.02 Å². The van der Waals surface area contributed by atoms with Crippen LogP contribution in [0.2, 0.25) is 5.02 Å².